The molecule has 0 atom stereocenters. The number of hydrogen-bond donors (Lipinski definition) is 0. The van der Waals surface area contributed by atoms with Gasteiger partial charge in [0.15, 0.2) is 5.13 Å². The molecule has 0 bridgehead atoms. The van der Waals surface area contributed by atoms with E-state index in [2.05, 4.69) is 47.8 Å². The van der Waals surface area contributed by atoms with E-state index >= 15 is 0 Å². The summed E-state index contributed by atoms with van der Waals surface area (Å²) >= 11 is 1.31. The van der Waals surface area contributed by atoms with Gasteiger partial charge >= 0.3 is 0 Å². The van der Waals surface area contributed by atoms with Crippen molar-refractivity contribution < 1.29 is 4.39 Å². The fraction of sp³-hybridized carbons (Fsp3) is 0.370. The molecule has 0 spiro atoms. The van der Waals surface area contributed by atoms with Crippen LogP contribution >= 0.6 is 11.3 Å². The number of rotatable bonds is 7. The Hall–Kier alpha value is -3.55. The number of fused-ring (bicyclic) bond motifs is 1. The van der Waals surface area contributed by atoms with E-state index in [1.54, 1.807) is 12.1 Å². The van der Waals surface area contributed by atoms with Crippen molar-refractivity contribution >= 4 is 33.8 Å². The zero-order valence-corrected chi connectivity index (χ0v) is 22.4. The van der Waals surface area contributed by atoms with E-state index in [4.69, 9.17) is 9.97 Å². The Balaban J connectivity index is 1.48. The number of piperazine rings is 1. The second kappa shape index (κ2) is 10.4. The molecule has 0 N–H and O–H groups in total. The molecule has 1 fully saturated rings. The number of thiazole rings is 1. The van der Waals surface area contributed by atoms with E-state index in [0.717, 1.165) is 56.3 Å². The van der Waals surface area contributed by atoms with Crippen LogP contribution in [0.1, 0.15) is 31.3 Å². The quantitative estimate of drug-likeness (QED) is 0.344. The molecular formula is C27H30FN8S. The Morgan fingerprint density at radius 3 is 2.51 bits per heavy atom. The van der Waals surface area contributed by atoms with Gasteiger partial charge in [-0.3, -0.25) is 9.30 Å². The molecule has 0 saturated carbocycles. The average molecular weight is 518 g/mol. The van der Waals surface area contributed by atoms with Crippen LogP contribution in [-0.4, -0.2) is 64.0 Å². The molecule has 1 aromatic carbocycles. The minimum atomic E-state index is -0.323. The summed E-state index contributed by atoms with van der Waals surface area (Å²) in [5.41, 5.74) is 3.23. The van der Waals surface area contributed by atoms with Gasteiger partial charge in [-0.2, -0.15) is 5.26 Å². The van der Waals surface area contributed by atoms with Crippen molar-refractivity contribution in [1.29, 1.82) is 5.26 Å². The van der Waals surface area contributed by atoms with Crippen LogP contribution in [0.3, 0.4) is 0 Å². The van der Waals surface area contributed by atoms with Crippen LogP contribution in [0.25, 0.3) is 17.0 Å². The zero-order chi connectivity index (χ0) is 26.1. The highest BCUT2D eigenvalue weighted by atomic mass is 32.1. The van der Waals surface area contributed by atoms with Gasteiger partial charge in [-0.05, 0) is 36.6 Å². The van der Waals surface area contributed by atoms with E-state index in [1.807, 2.05) is 22.5 Å². The van der Waals surface area contributed by atoms with E-state index in [-0.39, 0.29) is 5.82 Å². The summed E-state index contributed by atoms with van der Waals surface area (Å²) in [5, 5.41) is 10.4. The topological polar surface area (TPSA) is 76.6 Å². The van der Waals surface area contributed by atoms with Crippen LogP contribution in [0, 0.1) is 23.1 Å². The van der Waals surface area contributed by atoms with Crippen LogP contribution in [0.4, 0.5) is 21.0 Å². The van der Waals surface area contributed by atoms with Crippen molar-refractivity contribution in [2.45, 2.75) is 27.2 Å². The van der Waals surface area contributed by atoms with Gasteiger partial charge in [-0.1, -0.05) is 32.1 Å². The second-order valence-corrected chi connectivity index (χ2v) is 10.5. The van der Waals surface area contributed by atoms with E-state index in [1.165, 1.54) is 29.4 Å². The lowest BCUT2D eigenvalue weighted by Gasteiger charge is -2.36. The first-order chi connectivity index (χ1) is 17.9. The second-order valence-electron chi connectivity index (χ2n) is 9.54. The van der Waals surface area contributed by atoms with Gasteiger partial charge in [0, 0.05) is 51.5 Å². The maximum atomic E-state index is 13.5. The number of nitrogens with zero attached hydrogens (tertiary/aromatic N) is 8. The van der Waals surface area contributed by atoms with Crippen molar-refractivity contribution in [1.82, 2.24) is 24.3 Å². The number of halogens is 1. The molecule has 4 aromatic rings. The number of benzene rings is 1. The fourth-order valence-electron chi connectivity index (χ4n) is 4.75. The number of anilines is 3. The van der Waals surface area contributed by atoms with Gasteiger partial charge in [-0.15, -0.1) is 0 Å². The molecule has 37 heavy (non-hydrogen) atoms. The Labute approximate surface area is 220 Å². The summed E-state index contributed by atoms with van der Waals surface area (Å²) in [6.45, 7) is 11.4. The molecule has 10 heteroatoms. The van der Waals surface area contributed by atoms with Gasteiger partial charge < -0.3 is 9.80 Å². The van der Waals surface area contributed by atoms with Crippen molar-refractivity contribution in [2.24, 2.45) is 0 Å². The lowest BCUT2D eigenvalue weighted by Crippen LogP contribution is -2.47. The monoisotopic (exact) mass is 517 g/mol. The molecule has 0 amide bonds. The largest absolute Gasteiger partial charge is 0.367 e. The van der Waals surface area contributed by atoms with Crippen LogP contribution < -0.4 is 9.80 Å². The van der Waals surface area contributed by atoms with Gasteiger partial charge in [-0.25, -0.2) is 19.3 Å². The third-order valence-corrected chi connectivity index (χ3v) is 7.60. The Bertz CT molecular complexity index is 1430. The van der Waals surface area contributed by atoms with Crippen molar-refractivity contribution in [3.8, 4) is 17.3 Å². The van der Waals surface area contributed by atoms with Gasteiger partial charge in [0.1, 0.15) is 28.3 Å². The summed E-state index contributed by atoms with van der Waals surface area (Å²) in [6, 6.07) is 8.31. The summed E-state index contributed by atoms with van der Waals surface area (Å²) < 4.78 is 15.5. The SMILES string of the molecule is CCc1nc2ncc(N3CCN(C[C](C)C)CC3)cn2c1N(C)c1nc(-c2ccc(F)cc2)c(C#N)s1. The predicted molar refractivity (Wildman–Crippen MR) is 146 cm³/mol. The maximum absolute atomic E-state index is 13.5. The standard InChI is InChI=1S/C27H30FN8S/c1-5-22-25(33(4)27-32-24(23(14-29)37-27)19-6-8-20(28)9-7-19)36-17-21(15-30-26(36)31-22)35-12-10-34(11-13-35)16-18(2)3/h6-9,15,17H,5,10-13,16H2,1-4H3. The van der Waals surface area contributed by atoms with Crippen molar-refractivity contribution in [2.75, 3.05) is 49.6 Å². The fourth-order valence-corrected chi connectivity index (χ4v) is 5.60. The molecule has 3 aromatic heterocycles. The average Bonchev–Trinajstić information content (AvgIpc) is 3.50. The first kappa shape index (κ1) is 25.1. The Morgan fingerprint density at radius 2 is 1.86 bits per heavy atom. The summed E-state index contributed by atoms with van der Waals surface area (Å²) in [6.07, 6.45) is 4.74. The molecular weight excluding hydrogens is 487 g/mol. The molecule has 1 aliphatic rings. The van der Waals surface area contributed by atoms with E-state index in [9.17, 15) is 9.65 Å². The molecule has 1 aliphatic heterocycles. The van der Waals surface area contributed by atoms with Gasteiger partial charge in [0.2, 0.25) is 5.78 Å². The molecule has 0 unspecified atom stereocenters. The minimum absolute atomic E-state index is 0.323. The first-order valence-corrected chi connectivity index (χ1v) is 13.2. The van der Waals surface area contributed by atoms with Crippen LogP contribution in [0.2, 0.25) is 0 Å². The Kier molecular flexibility index (Phi) is 7.09. The highest BCUT2D eigenvalue weighted by Gasteiger charge is 2.24. The highest BCUT2D eigenvalue weighted by molar-refractivity contribution is 7.16. The molecule has 1 saturated heterocycles. The lowest BCUT2D eigenvalue weighted by atomic mass is 10.1. The maximum Gasteiger partial charge on any atom is 0.235 e. The number of aromatic nitrogens is 4. The molecule has 1 radical (unpaired) electrons. The van der Waals surface area contributed by atoms with Gasteiger partial charge in [0.05, 0.1) is 17.6 Å². The van der Waals surface area contributed by atoms with Crippen LogP contribution in [0.15, 0.2) is 36.7 Å². The minimum Gasteiger partial charge on any atom is -0.367 e. The number of nitriles is 1. The summed E-state index contributed by atoms with van der Waals surface area (Å²) in [5.74, 6) is 2.62. The van der Waals surface area contributed by atoms with Crippen LogP contribution in [-0.2, 0) is 6.42 Å². The smallest absolute Gasteiger partial charge is 0.235 e. The molecule has 0 aliphatic carbocycles. The number of hydrogen-bond acceptors (Lipinski definition) is 8. The number of imidazole rings is 1. The van der Waals surface area contributed by atoms with Gasteiger partial charge in [0.25, 0.3) is 0 Å². The van der Waals surface area contributed by atoms with E-state index in [0.29, 0.717) is 27.0 Å². The lowest BCUT2D eigenvalue weighted by molar-refractivity contribution is 0.267. The van der Waals surface area contributed by atoms with Crippen molar-refractivity contribution in [3.63, 3.8) is 0 Å². The van der Waals surface area contributed by atoms with Crippen molar-refractivity contribution in [3.05, 3.63) is 59.0 Å². The normalized spacial score (nSPS) is 14.5. The third kappa shape index (κ3) is 5.02. The molecule has 4 heterocycles. The molecule has 8 nitrogen and oxygen atoms in total. The Morgan fingerprint density at radius 1 is 1.14 bits per heavy atom. The molecule has 191 valence electrons. The summed E-state index contributed by atoms with van der Waals surface area (Å²) in [7, 11) is 1.94. The van der Waals surface area contributed by atoms with Crippen LogP contribution in [0.5, 0.6) is 0 Å². The molecule has 5 rings (SSSR count). The first-order valence-electron chi connectivity index (χ1n) is 12.4. The van der Waals surface area contributed by atoms with E-state index < -0.39 is 0 Å². The highest BCUT2D eigenvalue weighted by Crippen LogP contribution is 2.37. The third-order valence-electron chi connectivity index (χ3n) is 6.56. The predicted octanol–water partition coefficient (Wildman–Crippen LogP) is 4.93. The zero-order valence-electron chi connectivity index (χ0n) is 21.6. The number of aryl methyl sites for hydroxylation is 1. The summed E-state index contributed by atoms with van der Waals surface area (Å²) in [4.78, 5) is 21.6.